The molecule has 2 N–H and O–H groups in total. The van der Waals surface area contributed by atoms with E-state index in [-0.39, 0.29) is 24.2 Å². The van der Waals surface area contributed by atoms with Crippen LogP contribution in [0.25, 0.3) is 11.1 Å². The Labute approximate surface area is 129 Å². The minimum absolute atomic E-state index is 0. The van der Waals surface area contributed by atoms with Gasteiger partial charge in [-0.25, -0.2) is 4.98 Å². The van der Waals surface area contributed by atoms with E-state index >= 15 is 0 Å². The number of nitrogens with zero attached hydrogens (tertiary/aromatic N) is 1. The van der Waals surface area contributed by atoms with Gasteiger partial charge in [0.1, 0.15) is 5.52 Å². The number of hydrogen-bond acceptors (Lipinski definition) is 4. The second-order valence-corrected chi connectivity index (χ2v) is 5.26. The van der Waals surface area contributed by atoms with Crippen LogP contribution in [0.4, 0.5) is 0 Å². The molecule has 0 aliphatic carbocycles. The fourth-order valence-corrected chi connectivity index (χ4v) is 2.55. The molecule has 1 amide bonds. The van der Waals surface area contributed by atoms with Crippen LogP contribution in [0, 0.1) is 12.8 Å². The zero-order chi connectivity index (χ0) is 13.9. The zero-order valence-corrected chi connectivity index (χ0v) is 12.8. The van der Waals surface area contributed by atoms with Crippen molar-refractivity contribution in [3.8, 4) is 0 Å². The lowest BCUT2D eigenvalue weighted by molar-refractivity contribution is -0.124. The molecular weight excluding hydrogens is 290 g/mol. The minimum atomic E-state index is 0. The van der Waals surface area contributed by atoms with Crippen LogP contribution in [-0.4, -0.2) is 30.5 Å². The summed E-state index contributed by atoms with van der Waals surface area (Å²) in [5.41, 5.74) is 2.83. The van der Waals surface area contributed by atoms with Gasteiger partial charge in [-0.15, -0.1) is 12.4 Å². The van der Waals surface area contributed by atoms with E-state index in [1.54, 1.807) is 0 Å². The number of hydrogen-bond donors (Lipinski definition) is 2. The molecule has 1 aromatic carbocycles. The third-order valence-corrected chi connectivity index (χ3v) is 3.73. The van der Waals surface area contributed by atoms with E-state index in [0.717, 1.165) is 36.2 Å². The van der Waals surface area contributed by atoms with Gasteiger partial charge in [0.2, 0.25) is 5.91 Å². The molecule has 0 saturated carbocycles. The van der Waals surface area contributed by atoms with Gasteiger partial charge in [-0.05, 0) is 31.5 Å². The number of carbonyl (C=O) groups excluding carboxylic acids is 1. The molecule has 6 heteroatoms. The average Bonchev–Trinajstić information content (AvgIpc) is 3.07. The lowest BCUT2D eigenvalue weighted by Crippen LogP contribution is -2.33. The van der Waals surface area contributed by atoms with Gasteiger partial charge in [0.25, 0.3) is 0 Å². The van der Waals surface area contributed by atoms with Gasteiger partial charge >= 0.3 is 0 Å². The molecule has 0 radical (unpaired) electrons. The maximum absolute atomic E-state index is 11.9. The van der Waals surface area contributed by atoms with Crippen molar-refractivity contribution < 1.29 is 9.21 Å². The summed E-state index contributed by atoms with van der Waals surface area (Å²) in [5, 5.41) is 6.15. The van der Waals surface area contributed by atoms with Crippen molar-refractivity contribution in [3.63, 3.8) is 0 Å². The van der Waals surface area contributed by atoms with Crippen LogP contribution in [0.5, 0.6) is 0 Å². The number of amides is 1. The summed E-state index contributed by atoms with van der Waals surface area (Å²) in [5.74, 6) is 0.919. The molecule has 5 nitrogen and oxygen atoms in total. The van der Waals surface area contributed by atoms with Crippen LogP contribution in [0.1, 0.15) is 17.9 Å². The lowest BCUT2D eigenvalue weighted by atomic mass is 10.1. The first-order valence-electron chi connectivity index (χ1n) is 7.07. The van der Waals surface area contributed by atoms with Gasteiger partial charge in [0.15, 0.2) is 11.5 Å². The monoisotopic (exact) mass is 309 g/mol. The molecule has 1 fully saturated rings. The Morgan fingerprint density at radius 2 is 2.38 bits per heavy atom. The predicted octanol–water partition coefficient (Wildman–Crippen LogP) is 1.83. The molecule has 1 atom stereocenters. The van der Waals surface area contributed by atoms with Crippen LogP contribution in [0.2, 0.25) is 0 Å². The second-order valence-electron chi connectivity index (χ2n) is 5.26. The fourth-order valence-electron chi connectivity index (χ4n) is 2.55. The summed E-state index contributed by atoms with van der Waals surface area (Å²) >= 11 is 0. The Morgan fingerprint density at radius 1 is 1.52 bits per heavy atom. The van der Waals surface area contributed by atoms with Gasteiger partial charge in [-0.1, -0.05) is 12.1 Å². The van der Waals surface area contributed by atoms with Crippen molar-refractivity contribution in [2.45, 2.75) is 19.8 Å². The number of halogens is 1. The molecule has 114 valence electrons. The lowest BCUT2D eigenvalue weighted by Gasteiger charge is -2.08. The molecule has 0 bridgehead atoms. The average molecular weight is 310 g/mol. The van der Waals surface area contributed by atoms with Gasteiger partial charge in [-0.3, -0.25) is 4.79 Å². The molecule has 3 rings (SSSR count). The van der Waals surface area contributed by atoms with Crippen LogP contribution in [0.3, 0.4) is 0 Å². The first kappa shape index (κ1) is 15.8. The number of benzene rings is 1. The standard InChI is InChI=1S/C15H19N3O2.ClH/c1-10-3-2-4-12-14(10)18-13(20-12)6-8-17-15(19)11-5-7-16-9-11;/h2-4,11,16H,5-9H2,1H3,(H,17,19);1H. The molecule has 21 heavy (non-hydrogen) atoms. The number of nitrogens with one attached hydrogen (secondary N) is 2. The van der Waals surface area contributed by atoms with Crippen molar-refractivity contribution >= 4 is 29.4 Å². The van der Waals surface area contributed by atoms with E-state index < -0.39 is 0 Å². The van der Waals surface area contributed by atoms with Crippen LogP contribution in [0.15, 0.2) is 22.6 Å². The minimum Gasteiger partial charge on any atom is -0.441 e. The van der Waals surface area contributed by atoms with E-state index in [2.05, 4.69) is 15.6 Å². The second kappa shape index (κ2) is 6.91. The van der Waals surface area contributed by atoms with Crippen molar-refractivity contribution in [2.75, 3.05) is 19.6 Å². The molecule has 0 spiro atoms. The van der Waals surface area contributed by atoms with Crippen LogP contribution >= 0.6 is 12.4 Å². The number of aromatic nitrogens is 1. The number of rotatable bonds is 4. The molecule has 1 aromatic heterocycles. The number of carbonyl (C=O) groups is 1. The summed E-state index contributed by atoms with van der Waals surface area (Å²) in [6.45, 7) is 4.31. The summed E-state index contributed by atoms with van der Waals surface area (Å²) in [4.78, 5) is 16.3. The smallest absolute Gasteiger partial charge is 0.224 e. The van der Waals surface area contributed by atoms with E-state index in [1.165, 1.54) is 0 Å². The maximum Gasteiger partial charge on any atom is 0.224 e. The first-order chi connectivity index (χ1) is 9.74. The highest BCUT2D eigenvalue weighted by Crippen LogP contribution is 2.18. The third-order valence-electron chi connectivity index (χ3n) is 3.73. The molecule has 1 saturated heterocycles. The number of oxazole rings is 1. The molecular formula is C15H20ClN3O2. The molecule has 1 aliphatic heterocycles. The first-order valence-corrected chi connectivity index (χ1v) is 7.07. The predicted molar refractivity (Wildman–Crippen MR) is 83.7 cm³/mol. The van der Waals surface area contributed by atoms with Crippen molar-refractivity contribution in [3.05, 3.63) is 29.7 Å². The Hall–Kier alpha value is -1.59. The fraction of sp³-hybridized carbons (Fsp3) is 0.467. The van der Waals surface area contributed by atoms with Gasteiger partial charge < -0.3 is 15.1 Å². The summed E-state index contributed by atoms with van der Waals surface area (Å²) in [6.07, 6.45) is 1.55. The highest BCUT2D eigenvalue weighted by atomic mass is 35.5. The van der Waals surface area contributed by atoms with E-state index in [1.807, 2.05) is 25.1 Å². The largest absolute Gasteiger partial charge is 0.441 e. The topological polar surface area (TPSA) is 67.2 Å². The number of aryl methyl sites for hydroxylation is 1. The number of fused-ring (bicyclic) bond motifs is 1. The normalized spacial score (nSPS) is 17.7. The maximum atomic E-state index is 11.9. The molecule has 2 aromatic rings. The Kier molecular flexibility index (Phi) is 5.20. The Morgan fingerprint density at radius 3 is 3.10 bits per heavy atom. The van der Waals surface area contributed by atoms with Crippen LogP contribution in [-0.2, 0) is 11.2 Å². The Bertz CT molecular complexity index is 620. The van der Waals surface area contributed by atoms with Crippen molar-refractivity contribution in [1.82, 2.24) is 15.6 Å². The van der Waals surface area contributed by atoms with E-state index in [9.17, 15) is 4.79 Å². The zero-order valence-electron chi connectivity index (χ0n) is 12.0. The summed E-state index contributed by atoms with van der Waals surface area (Å²) < 4.78 is 5.68. The van der Waals surface area contributed by atoms with Crippen molar-refractivity contribution in [1.29, 1.82) is 0 Å². The van der Waals surface area contributed by atoms with E-state index in [4.69, 9.17) is 4.42 Å². The van der Waals surface area contributed by atoms with E-state index in [0.29, 0.717) is 18.9 Å². The van der Waals surface area contributed by atoms with Gasteiger partial charge in [-0.2, -0.15) is 0 Å². The molecule has 1 unspecified atom stereocenters. The highest BCUT2D eigenvalue weighted by Gasteiger charge is 2.21. The summed E-state index contributed by atoms with van der Waals surface area (Å²) in [6, 6.07) is 5.90. The molecule has 1 aliphatic rings. The quantitative estimate of drug-likeness (QED) is 0.904. The number of para-hydroxylation sites is 1. The van der Waals surface area contributed by atoms with Gasteiger partial charge in [0.05, 0.1) is 5.92 Å². The SMILES string of the molecule is Cc1cccc2oc(CCNC(=O)C3CCNC3)nc12.Cl. The Balaban J connectivity index is 0.00000161. The summed E-state index contributed by atoms with van der Waals surface area (Å²) in [7, 11) is 0. The van der Waals surface area contributed by atoms with Crippen molar-refractivity contribution in [2.24, 2.45) is 5.92 Å². The van der Waals surface area contributed by atoms with Crippen LogP contribution < -0.4 is 10.6 Å². The molecule has 2 heterocycles. The van der Waals surface area contributed by atoms with Gasteiger partial charge in [0, 0.05) is 19.5 Å². The highest BCUT2D eigenvalue weighted by molar-refractivity contribution is 5.85. The third kappa shape index (κ3) is 3.54.